The molecule has 0 unspecified atom stereocenters. The van der Waals surface area contributed by atoms with Crippen LogP contribution >= 0.6 is 0 Å². The smallest absolute Gasteiger partial charge is 0.305 e. The summed E-state index contributed by atoms with van der Waals surface area (Å²) in [4.78, 5) is 9.47. The molecule has 0 aliphatic rings. The first kappa shape index (κ1) is 20.6. The number of hydrogen-bond donors (Lipinski definition) is 1. The van der Waals surface area contributed by atoms with Gasteiger partial charge in [-0.1, -0.05) is 6.07 Å². The average molecular weight is 414 g/mol. The molecule has 146 valence electrons. The van der Waals surface area contributed by atoms with E-state index >= 15 is 0 Å². The van der Waals surface area contributed by atoms with Crippen molar-refractivity contribution in [1.29, 1.82) is 0 Å². The molecule has 0 bridgehead atoms. The number of hydrogen-bond acceptors (Lipinski definition) is 7. The van der Waals surface area contributed by atoms with Crippen LogP contribution in [0.5, 0.6) is 5.75 Å². The number of methoxy groups -OCH3 is 1. The fraction of sp³-hybridized carbons (Fsp3) is 0.250. The highest BCUT2D eigenvalue weighted by Crippen LogP contribution is 2.27. The third-order valence-electron chi connectivity index (χ3n) is 3.65. The van der Waals surface area contributed by atoms with Crippen LogP contribution in [0.2, 0.25) is 0 Å². The Kier molecular flexibility index (Phi) is 5.76. The Morgan fingerprint density at radius 3 is 2.19 bits per heavy atom. The molecule has 0 radical (unpaired) electrons. The first-order chi connectivity index (χ1) is 12.5. The maximum atomic E-state index is 12.5. The molecule has 9 nitrogen and oxygen atoms in total. The number of anilines is 1. The van der Waals surface area contributed by atoms with E-state index in [1.807, 2.05) is 0 Å². The van der Waals surface area contributed by atoms with E-state index < -0.39 is 30.7 Å². The van der Waals surface area contributed by atoms with Crippen molar-refractivity contribution >= 4 is 25.5 Å². The summed E-state index contributed by atoms with van der Waals surface area (Å²) in [7, 11) is -6.66. The summed E-state index contributed by atoms with van der Waals surface area (Å²) in [5.41, 5.74) is 0.563. The number of ether oxygens (including phenoxy) is 1. The highest BCUT2D eigenvalue weighted by molar-refractivity contribution is 7.92. The SMILES string of the molecule is COc1cccc(S(=O)(=O)Nc2cc(C)c(S(=O)(=O)C[N+](=O)[O-])c(C)c2)c1. The van der Waals surface area contributed by atoms with E-state index in [9.17, 15) is 26.9 Å². The zero-order valence-electron chi connectivity index (χ0n) is 14.8. The van der Waals surface area contributed by atoms with E-state index in [0.29, 0.717) is 5.75 Å². The van der Waals surface area contributed by atoms with Crippen LogP contribution in [0.15, 0.2) is 46.2 Å². The Morgan fingerprint density at radius 2 is 1.67 bits per heavy atom. The van der Waals surface area contributed by atoms with Crippen molar-refractivity contribution in [2.75, 3.05) is 17.7 Å². The van der Waals surface area contributed by atoms with Gasteiger partial charge >= 0.3 is 5.88 Å². The van der Waals surface area contributed by atoms with Crippen LogP contribution in [0, 0.1) is 24.0 Å². The zero-order valence-corrected chi connectivity index (χ0v) is 16.4. The number of benzene rings is 2. The molecule has 0 aromatic heterocycles. The van der Waals surface area contributed by atoms with Gasteiger partial charge in [-0.15, -0.1) is 0 Å². The Bertz CT molecular complexity index is 1070. The predicted molar refractivity (Wildman–Crippen MR) is 98.8 cm³/mol. The third kappa shape index (κ3) is 4.74. The molecule has 0 atom stereocenters. The van der Waals surface area contributed by atoms with Gasteiger partial charge in [0.2, 0.25) is 9.84 Å². The number of nitro groups is 1. The molecule has 27 heavy (non-hydrogen) atoms. The first-order valence-corrected chi connectivity index (χ1v) is 10.7. The van der Waals surface area contributed by atoms with E-state index in [1.54, 1.807) is 6.07 Å². The number of sulfonamides is 1. The maximum absolute atomic E-state index is 12.5. The van der Waals surface area contributed by atoms with Crippen LogP contribution in [0.3, 0.4) is 0 Å². The van der Waals surface area contributed by atoms with E-state index in [0.717, 1.165) is 0 Å². The van der Waals surface area contributed by atoms with Gasteiger partial charge in [0.05, 0.1) is 16.9 Å². The van der Waals surface area contributed by atoms with Crippen LogP contribution in [0.25, 0.3) is 0 Å². The van der Waals surface area contributed by atoms with Gasteiger partial charge in [-0.05, 0) is 49.2 Å². The van der Waals surface area contributed by atoms with Gasteiger partial charge in [-0.3, -0.25) is 14.8 Å². The summed E-state index contributed by atoms with van der Waals surface area (Å²) >= 11 is 0. The Balaban J connectivity index is 2.42. The number of sulfone groups is 1. The molecule has 0 aliphatic carbocycles. The molecule has 2 rings (SSSR count). The molecule has 0 spiro atoms. The first-order valence-electron chi connectivity index (χ1n) is 7.59. The van der Waals surface area contributed by atoms with Gasteiger partial charge in [-0.25, -0.2) is 16.8 Å². The largest absolute Gasteiger partial charge is 0.497 e. The fourth-order valence-electron chi connectivity index (χ4n) is 2.69. The highest BCUT2D eigenvalue weighted by atomic mass is 32.2. The maximum Gasteiger partial charge on any atom is 0.305 e. The van der Waals surface area contributed by atoms with Crippen molar-refractivity contribution in [1.82, 2.24) is 0 Å². The summed E-state index contributed by atoms with van der Waals surface area (Å²) in [6, 6.07) is 8.49. The van der Waals surface area contributed by atoms with E-state index in [1.165, 1.54) is 51.3 Å². The zero-order chi connectivity index (χ0) is 20.4. The van der Waals surface area contributed by atoms with Gasteiger partial charge in [0.25, 0.3) is 10.0 Å². The van der Waals surface area contributed by atoms with Crippen molar-refractivity contribution < 1.29 is 26.5 Å². The molecular formula is C16H18N2O7S2. The topological polar surface area (TPSA) is 133 Å². The standard InChI is InChI=1S/C16H18N2O7S2/c1-11-7-13(8-12(2)16(11)26(21,22)10-18(19)20)17-27(23,24)15-6-4-5-14(9-15)25-3/h4-9,17H,10H2,1-3H3. The van der Waals surface area contributed by atoms with Crippen molar-refractivity contribution in [3.63, 3.8) is 0 Å². The fourth-order valence-corrected chi connectivity index (χ4v) is 5.27. The highest BCUT2D eigenvalue weighted by Gasteiger charge is 2.26. The van der Waals surface area contributed by atoms with Crippen molar-refractivity contribution in [3.05, 3.63) is 57.6 Å². The van der Waals surface area contributed by atoms with Gasteiger partial charge in [-0.2, -0.15) is 0 Å². The molecule has 11 heteroatoms. The number of nitrogens with zero attached hydrogens (tertiary/aromatic N) is 1. The lowest BCUT2D eigenvalue weighted by atomic mass is 10.1. The summed E-state index contributed by atoms with van der Waals surface area (Å²) in [5.74, 6) is -0.865. The Hall–Kier alpha value is -2.66. The molecular weight excluding hydrogens is 396 g/mol. The van der Waals surface area contributed by atoms with Crippen LogP contribution in [0.4, 0.5) is 5.69 Å². The molecule has 0 fully saturated rings. The third-order valence-corrected chi connectivity index (χ3v) is 6.85. The van der Waals surface area contributed by atoms with Crippen LogP contribution in [-0.2, 0) is 19.9 Å². The summed E-state index contributed by atoms with van der Waals surface area (Å²) in [6.45, 7) is 2.90. The van der Waals surface area contributed by atoms with Crippen molar-refractivity contribution in [2.24, 2.45) is 0 Å². The predicted octanol–water partition coefficient (Wildman–Crippen LogP) is 2.12. The molecule has 0 aliphatic heterocycles. The normalized spacial score (nSPS) is 11.8. The van der Waals surface area contributed by atoms with Crippen molar-refractivity contribution in [3.8, 4) is 5.75 Å². The summed E-state index contributed by atoms with van der Waals surface area (Å²) in [5, 5.41) is 10.6. The lowest BCUT2D eigenvalue weighted by molar-refractivity contribution is -0.458. The van der Waals surface area contributed by atoms with Crippen LogP contribution in [0.1, 0.15) is 11.1 Å². The molecule has 0 heterocycles. The van der Waals surface area contributed by atoms with E-state index in [-0.39, 0.29) is 26.6 Å². The Morgan fingerprint density at radius 1 is 1.07 bits per heavy atom. The molecule has 0 amide bonds. The molecule has 2 aromatic rings. The lowest BCUT2D eigenvalue weighted by Crippen LogP contribution is -2.18. The lowest BCUT2D eigenvalue weighted by Gasteiger charge is -2.14. The average Bonchev–Trinajstić information content (AvgIpc) is 2.52. The molecule has 2 aromatic carbocycles. The second-order valence-corrected chi connectivity index (χ2v) is 9.38. The van der Waals surface area contributed by atoms with Crippen LogP contribution < -0.4 is 9.46 Å². The number of rotatable bonds is 7. The van der Waals surface area contributed by atoms with Gasteiger partial charge in [0.1, 0.15) is 5.75 Å². The van der Waals surface area contributed by atoms with Gasteiger partial charge in [0, 0.05) is 16.7 Å². The minimum absolute atomic E-state index is 0.0257. The minimum Gasteiger partial charge on any atom is -0.497 e. The van der Waals surface area contributed by atoms with Crippen LogP contribution in [-0.4, -0.2) is 34.7 Å². The molecule has 1 N–H and O–H groups in total. The minimum atomic E-state index is -4.14. The summed E-state index contributed by atoms with van der Waals surface area (Å²) < 4.78 is 56.8. The molecule has 0 saturated heterocycles. The number of nitrogens with one attached hydrogen (secondary N) is 1. The van der Waals surface area contributed by atoms with E-state index in [2.05, 4.69) is 4.72 Å². The second kappa shape index (κ2) is 7.53. The quantitative estimate of drug-likeness (QED) is 0.542. The van der Waals surface area contributed by atoms with E-state index in [4.69, 9.17) is 4.74 Å². The molecule has 0 saturated carbocycles. The number of aryl methyl sites for hydroxylation is 2. The van der Waals surface area contributed by atoms with Gasteiger partial charge < -0.3 is 4.74 Å². The monoisotopic (exact) mass is 414 g/mol. The Labute approximate surface area is 157 Å². The summed E-state index contributed by atoms with van der Waals surface area (Å²) in [6.07, 6.45) is 0. The second-order valence-electron chi connectivity index (χ2n) is 5.80. The van der Waals surface area contributed by atoms with Crippen molar-refractivity contribution in [2.45, 2.75) is 23.6 Å². The van der Waals surface area contributed by atoms with Gasteiger partial charge in [0.15, 0.2) is 0 Å².